The van der Waals surface area contributed by atoms with Crippen LogP contribution in [0.3, 0.4) is 0 Å². The van der Waals surface area contributed by atoms with Gasteiger partial charge in [0.2, 0.25) is 0 Å². The number of fused-ring (bicyclic) bond motifs is 1. The Balaban J connectivity index is 2.09. The van der Waals surface area contributed by atoms with Gasteiger partial charge in [0.1, 0.15) is 0 Å². The first-order chi connectivity index (χ1) is 9.08. The Morgan fingerprint density at radius 1 is 1.11 bits per heavy atom. The third-order valence-electron chi connectivity index (χ3n) is 3.65. The number of para-hydroxylation sites is 1. The number of benzene rings is 2. The molecule has 0 atom stereocenters. The highest BCUT2D eigenvalue weighted by molar-refractivity contribution is 6.11. The van der Waals surface area contributed by atoms with Gasteiger partial charge in [-0.2, -0.15) is 0 Å². The maximum atomic E-state index is 12.5. The molecule has 0 radical (unpaired) electrons. The van der Waals surface area contributed by atoms with Crippen molar-refractivity contribution in [1.29, 1.82) is 0 Å². The summed E-state index contributed by atoms with van der Waals surface area (Å²) in [5.74, 6) is 0.0414. The van der Waals surface area contributed by atoms with Crippen LogP contribution < -0.4 is 10.6 Å². The van der Waals surface area contributed by atoms with Gasteiger partial charge in [-0.25, -0.2) is 0 Å². The summed E-state index contributed by atoms with van der Waals surface area (Å²) in [5.41, 5.74) is 11.4. The molecule has 0 spiro atoms. The van der Waals surface area contributed by atoms with Gasteiger partial charge >= 0.3 is 0 Å². The number of carbonyl (C=O) groups is 1. The summed E-state index contributed by atoms with van der Waals surface area (Å²) in [6.45, 7) is 4.69. The predicted molar refractivity (Wildman–Crippen MR) is 77.3 cm³/mol. The fourth-order valence-corrected chi connectivity index (χ4v) is 2.73. The minimum atomic E-state index is 0.0414. The lowest BCUT2D eigenvalue weighted by Gasteiger charge is -2.20. The zero-order chi connectivity index (χ0) is 13.6. The predicted octanol–water partition coefficient (Wildman–Crippen LogP) is 3.05. The molecule has 3 nitrogen and oxygen atoms in total. The average molecular weight is 252 g/mol. The molecule has 0 aliphatic carbocycles. The van der Waals surface area contributed by atoms with E-state index in [4.69, 9.17) is 5.73 Å². The topological polar surface area (TPSA) is 46.3 Å². The molecule has 0 bridgehead atoms. The van der Waals surface area contributed by atoms with Crippen LogP contribution in [0, 0.1) is 13.8 Å². The van der Waals surface area contributed by atoms with Crippen molar-refractivity contribution in [1.82, 2.24) is 0 Å². The van der Waals surface area contributed by atoms with Crippen molar-refractivity contribution in [2.45, 2.75) is 20.4 Å². The SMILES string of the molecule is Cc1cccc(C)c1N1Cc2ccc(N)cc2C1=O. The van der Waals surface area contributed by atoms with E-state index in [9.17, 15) is 4.79 Å². The summed E-state index contributed by atoms with van der Waals surface area (Å²) in [5, 5.41) is 0. The number of rotatable bonds is 1. The summed E-state index contributed by atoms with van der Waals surface area (Å²) < 4.78 is 0. The summed E-state index contributed by atoms with van der Waals surface area (Å²) in [6, 6.07) is 11.6. The standard InChI is InChI=1S/C16H16N2O/c1-10-4-3-5-11(2)15(10)18-9-12-6-7-13(17)8-14(12)16(18)19/h3-8H,9,17H2,1-2H3. The molecular formula is C16H16N2O. The molecule has 96 valence electrons. The number of nitrogens with zero attached hydrogens (tertiary/aromatic N) is 1. The molecule has 0 saturated carbocycles. The molecule has 2 aromatic carbocycles. The van der Waals surface area contributed by atoms with Crippen molar-refractivity contribution < 1.29 is 4.79 Å². The molecule has 0 fully saturated rings. The molecule has 0 saturated heterocycles. The molecular weight excluding hydrogens is 236 g/mol. The number of nitrogens with two attached hydrogens (primary N) is 1. The van der Waals surface area contributed by atoms with Gasteiger partial charge in [-0.3, -0.25) is 4.79 Å². The molecule has 1 aliphatic rings. The van der Waals surface area contributed by atoms with Crippen LogP contribution >= 0.6 is 0 Å². The first-order valence-electron chi connectivity index (χ1n) is 6.34. The molecule has 2 aromatic rings. The summed E-state index contributed by atoms with van der Waals surface area (Å²) in [7, 11) is 0. The highest BCUT2D eigenvalue weighted by Gasteiger charge is 2.30. The smallest absolute Gasteiger partial charge is 0.259 e. The minimum absolute atomic E-state index is 0.0414. The zero-order valence-corrected chi connectivity index (χ0v) is 11.1. The summed E-state index contributed by atoms with van der Waals surface area (Å²) in [4.78, 5) is 14.4. The van der Waals surface area contributed by atoms with Crippen molar-refractivity contribution in [3.05, 3.63) is 58.7 Å². The average Bonchev–Trinajstić information content (AvgIpc) is 2.67. The van der Waals surface area contributed by atoms with Crippen molar-refractivity contribution in [2.75, 3.05) is 10.6 Å². The van der Waals surface area contributed by atoms with Crippen LogP contribution in [0.5, 0.6) is 0 Å². The lowest BCUT2D eigenvalue weighted by Crippen LogP contribution is -2.24. The Morgan fingerprint density at radius 2 is 1.79 bits per heavy atom. The Morgan fingerprint density at radius 3 is 2.47 bits per heavy atom. The van der Waals surface area contributed by atoms with Crippen LogP contribution in [0.1, 0.15) is 27.0 Å². The van der Waals surface area contributed by atoms with Gasteiger partial charge < -0.3 is 10.6 Å². The largest absolute Gasteiger partial charge is 0.399 e. The maximum Gasteiger partial charge on any atom is 0.259 e. The van der Waals surface area contributed by atoms with Crippen LogP contribution in [-0.2, 0) is 6.54 Å². The number of amides is 1. The molecule has 3 rings (SSSR count). The van der Waals surface area contributed by atoms with Crippen molar-refractivity contribution >= 4 is 17.3 Å². The molecule has 19 heavy (non-hydrogen) atoms. The first kappa shape index (κ1) is 11.8. The quantitative estimate of drug-likeness (QED) is 0.793. The van der Waals surface area contributed by atoms with Gasteiger partial charge in [0.25, 0.3) is 5.91 Å². The Bertz CT molecular complexity index is 656. The molecule has 0 unspecified atom stereocenters. The van der Waals surface area contributed by atoms with Crippen molar-refractivity contribution in [2.24, 2.45) is 0 Å². The van der Waals surface area contributed by atoms with E-state index in [1.807, 2.05) is 49.1 Å². The molecule has 1 aliphatic heterocycles. The fourth-order valence-electron chi connectivity index (χ4n) is 2.73. The van der Waals surface area contributed by atoms with E-state index in [0.29, 0.717) is 12.2 Å². The second-order valence-electron chi connectivity index (χ2n) is 5.05. The zero-order valence-electron chi connectivity index (χ0n) is 11.1. The second-order valence-corrected chi connectivity index (χ2v) is 5.05. The fraction of sp³-hybridized carbons (Fsp3) is 0.188. The summed E-state index contributed by atoms with van der Waals surface area (Å²) >= 11 is 0. The van der Waals surface area contributed by atoms with Crippen LogP contribution in [0.4, 0.5) is 11.4 Å². The molecule has 0 aromatic heterocycles. The van der Waals surface area contributed by atoms with E-state index in [0.717, 1.165) is 27.9 Å². The maximum absolute atomic E-state index is 12.5. The van der Waals surface area contributed by atoms with Gasteiger partial charge in [0.05, 0.1) is 12.2 Å². The van der Waals surface area contributed by atoms with E-state index in [1.54, 1.807) is 6.07 Å². The van der Waals surface area contributed by atoms with Gasteiger partial charge in [0.15, 0.2) is 0 Å². The normalized spacial score (nSPS) is 13.8. The van der Waals surface area contributed by atoms with E-state index < -0.39 is 0 Å². The lowest BCUT2D eigenvalue weighted by molar-refractivity contribution is 0.0996. The highest BCUT2D eigenvalue weighted by Crippen LogP contribution is 2.33. The van der Waals surface area contributed by atoms with Crippen LogP contribution in [0.2, 0.25) is 0 Å². The first-order valence-corrected chi connectivity index (χ1v) is 6.34. The number of nitrogen functional groups attached to an aromatic ring is 1. The molecule has 3 heteroatoms. The molecule has 1 heterocycles. The molecule has 2 N–H and O–H groups in total. The number of aryl methyl sites for hydroxylation is 2. The van der Waals surface area contributed by atoms with E-state index in [1.165, 1.54) is 0 Å². The highest BCUT2D eigenvalue weighted by atomic mass is 16.2. The van der Waals surface area contributed by atoms with E-state index in [2.05, 4.69) is 0 Å². The van der Waals surface area contributed by atoms with Crippen molar-refractivity contribution in [3.8, 4) is 0 Å². The summed E-state index contributed by atoms with van der Waals surface area (Å²) in [6.07, 6.45) is 0. The number of anilines is 2. The monoisotopic (exact) mass is 252 g/mol. The van der Waals surface area contributed by atoms with Gasteiger partial charge in [0, 0.05) is 11.3 Å². The van der Waals surface area contributed by atoms with Crippen LogP contribution in [0.15, 0.2) is 36.4 Å². The van der Waals surface area contributed by atoms with Gasteiger partial charge in [-0.1, -0.05) is 24.3 Å². The number of carbonyl (C=O) groups excluding carboxylic acids is 1. The van der Waals surface area contributed by atoms with Crippen molar-refractivity contribution in [3.63, 3.8) is 0 Å². The number of hydrogen-bond donors (Lipinski definition) is 1. The van der Waals surface area contributed by atoms with E-state index >= 15 is 0 Å². The van der Waals surface area contributed by atoms with E-state index in [-0.39, 0.29) is 5.91 Å². The number of hydrogen-bond acceptors (Lipinski definition) is 2. The van der Waals surface area contributed by atoms with Gasteiger partial charge in [-0.05, 0) is 42.7 Å². The second kappa shape index (κ2) is 4.12. The Labute approximate surface area is 112 Å². The third kappa shape index (κ3) is 1.78. The molecule has 1 amide bonds. The van der Waals surface area contributed by atoms with Gasteiger partial charge in [-0.15, -0.1) is 0 Å². The van der Waals surface area contributed by atoms with Crippen LogP contribution in [-0.4, -0.2) is 5.91 Å². The van der Waals surface area contributed by atoms with Crippen LogP contribution in [0.25, 0.3) is 0 Å². The minimum Gasteiger partial charge on any atom is -0.399 e. The third-order valence-corrected chi connectivity index (χ3v) is 3.65. The Hall–Kier alpha value is -2.29. The Kier molecular flexibility index (Phi) is 2.56. The lowest BCUT2D eigenvalue weighted by atomic mass is 10.1.